The van der Waals surface area contributed by atoms with Gasteiger partial charge in [0.05, 0.1) is 32.0 Å². The number of amides is 1. The molecule has 12 unspecified atom stereocenters. The molecule has 0 aromatic rings. The number of carbonyl (C=O) groups is 1. The summed E-state index contributed by atoms with van der Waals surface area (Å²) in [6, 6.07) is -0.926. The summed E-state index contributed by atoms with van der Waals surface area (Å²) in [5.74, 6) is -0.253. The SMILES string of the molecule is CC/C=C\C/C=C\C/C=C\C/C=C\C/C=C\C/C=C\C/C=C\C/C=C\CCCCCCCCCCC(=O)NC(COC1OC(CO)C(OC2OC(CO)C(O)C(O)C2O)C(O)C1O)C(O)/C=C/CCCCCCCCCCCCCC. The maximum atomic E-state index is 13.3. The Bertz CT molecular complexity index is 1770. The third kappa shape index (κ3) is 36.2. The maximum Gasteiger partial charge on any atom is 0.220 e. The molecule has 2 aliphatic heterocycles. The molecular weight excluding hydrogens is 1030 g/mol. The fourth-order valence-corrected chi connectivity index (χ4v) is 9.66. The first-order valence-corrected chi connectivity index (χ1v) is 31.6. The number of ether oxygens (including phenoxy) is 4. The van der Waals surface area contributed by atoms with Crippen LogP contribution in [0, 0.1) is 0 Å². The van der Waals surface area contributed by atoms with E-state index in [2.05, 4.69) is 116 Å². The van der Waals surface area contributed by atoms with Gasteiger partial charge in [-0.05, 0) is 83.5 Å². The number of hydrogen-bond acceptors (Lipinski definition) is 13. The minimum absolute atomic E-state index is 0.253. The lowest BCUT2D eigenvalue weighted by atomic mass is 9.97. The van der Waals surface area contributed by atoms with Gasteiger partial charge in [-0.1, -0.05) is 232 Å². The minimum atomic E-state index is -1.79. The molecule has 0 aliphatic carbocycles. The molecule has 0 aromatic heterocycles. The molecule has 14 heteroatoms. The summed E-state index contributed by atoms with van der Waals surface area (Å²) in [6.45, 7) is 2.66. The fourth-order valence-electron chi connectivity index (χ4n) is 9.66. The van der Waals surface area contributed by atoms with Crippen LogP contribution in [0.1, 0.15) is 213 Å². The molecule has 9 N–H and O–H groups in total. The van der Waals surface area contributed by atoms with E-state index >= 15 is 0 Å². The Morgan fingerprint density at radius 1 is 0.457 bits per heavy atom. The van der Waals surface area contributed by atoms with Gasteiger partial charge < -0.3 is 65.1 Å². The number of aliphatic hydroxyl groups excluding tert-OH is 8. The van der Waals surface area contributed by atoms with Crippen LogP contribution >= 0.6 is 0 Å². The zero-order valence-electron chi connectivity index (χ0n) is 50.0. The van der Waals surface area contributed by atoms with E-state index < -0.39 is 86.8 Å². The molecule has 2 fully saturated rings. The highest BCUT2D eigenvalue weighted by Gasteiger charge is 2.51. The monoisotopic (exact) mass is 1140 g/mol. The van der Waals surface area contributed by atoms with Crippen LogP contribution in [0.2, 0.25) is 0 Å². The van der Waals surface area contributed by atoms with Crippen molar-refractivity contribution in [1.29, 1.82) is 0 Å². The highest BCUT2D eigenvalue weighted by molar-refractivity contribution is 5.76. The van der Waals surface area contributed by atoms with Crippen LogP contribution < -0.4 is 5.32 Å². The van der Waals surface area contributed by atoms with E-state index in [9.17, 15) is 45.6 Å². The lowest BCUT2D eigenvalue weighted by Gasteiger charge is -2.46. The van der Waals surface area contributed by atoms with Crippen molar-refractivity contribution in [3.63, 3.8) is 0 Å². The van der Waals surface area contributed by atoms with E-state index in [1.54, 1.807) is 6.08 Å². The predicted molar refractivity (Wildman–Crippen MR) is 327 cm³/mol. The van der Waals surface area contributed by atoms with Gasteiger partial charge in [0, 0.05) is 6.42 Å². The van der Waals surface area contributed by atoms with Gasteiger partial charge in [-0.3, -0.25) is 4.79 Å². The molecule has 12 atom stereocenters. The number of rotatable bonds is 49. The zero-order chi connectivity index (χ0) is 58.8. The van der Waals surface area contributed by atoms with Crippen molar-refractivity contribution >= 4 is 5.91 Å². The Kier molecular flexibility index (Phi) is 46.5. The molecule has 2 aliphatic rings. The van der Waals surface area contributed by atoms with Gasteiger partial charge in [0.2, 0.25) is 5.91 Å². The molecule has 0 bridgehead atoms. The second kappa shape index (κ2) is 51.1. The number of aliphatic hydroxyl groups is 8. The summed E-state index contributed by atoms with van der Waals surface area (Å²) >= 11 is 0. The molecule has 1 amide bonds. The number of hydrogen-bond donors (Lipinski definition) is 9. The second-order valence-electron chi connectivity index (χ2n) is 21.8. The summed E-state index contributed by atoms with van der Waals surface area (Å²) in [7, 11) is 0. The Morgan fingerprint density at radius 2 is 0.852 bits per heavy atom. The van der Waals surface area contributed by atoms with Gasteiger partial charge in [-0.25, -0.2) is 0 Å². The van der Waals surface area contributed by atoms with Crippen LogP contribution in [0.5, 0.6) is 0 Å². The smallest absolute Gasteiger partial charge is 0.220 e. The molecule has 14 nitrogen and oxygen atoms in total. The quantitative estimate of drug-likeness (QED) is 0.0204. The number of nitrogens with one attached hydrogen (secondary N) is 1. The van der Waals surface area contributed by atoms with Crippen LogP contribution in [-0.2, 0) is 23.7 Å². The average molecular weight is 1140 g/mol. The van der Waals surface area contributed by atoms with Crippen LogP contribution in [0.25, 0.3) is 0 Å². The average Bonchev–Trinajstić information content (AvgIpc) is 3.47. The molecule has 0 saturated carbocycles. The molecular formula is C67H113NO13. The third-order valence-corrected chi connectivity index (χ3v) is 14.7. The van der Waals surface area contributed by atoms with Crippen molar-refractivity contribution in [3.05, 3.63) is 109 Å². The van der Waals surface area contributed by atoms with Crippen LogP contribution in [0.4, 0.5) is 0 Å². The lowest BCUT2D eigenvalue weighted by molar-refractivity contribution is -0.359. The molecule has 2 rings (SSSR count). The molecule has 2 heterocycles. The molecule has 81 heavy (non-hydrogen) atoms. The van der Waals surface area contributed by atoms with Crippen LogP contribution in [0.15, 0.2) is 109 Å². The van der Waals surface area contributed by atoms with E-state index in [1.165, 1.54) is 83.5 Å². The van der Waals surface area contributed by atoms with Crippen molar-refractivity contribution in [2.75, 3.05) is 19.8 Å². The van der Waals surface area contributed by atoms with E-state index in [0.717, 1.165) is 103 Å². The summed E-state index contributed by atoms with van der Waals surface area (Å²) in [5.41, 5.74) is 0. The Labute approximate surface area is 489 Å². The van der Waals surface area contributed by atoms with Gasteiger partial charge >= 0.3 is 0 Å². The summed E-state index contributed by atoms with van der Waals surface area (Å²) in [6.07, 6.45) is 55.5. The highest BCUT2D eigenvalue weighted by Crippen LogP contribution is 2.30. The molecule has 0 spiro atoms. The number of unbranched alkanes of at least 4 members (excludes halogenated alkanes) is 20. The Hall–Kier alpha value is -3.35. The number of allylic oxidation sites excluding steroid dienone is 17. The maximum absolute atomic E-state index is 13.3. The standard InChI is InChI=1S/C67H113NO13/c1-3-5-7-9-11-13-15-17-19-20-21-22-23-24-25-26-27-28-29-30-31-32-33-34-35-36-37-39-41-43-45-47-49-51-59(72)68-55(56(71)50-48-46-44-42-40-38-18-16-14-12-10-8-6-4-2)54-78-66-64(77)62(75)65(58(53-70)80-66)81-67-63(76)61(74)60(73)57(52-69)79-67/h5,7,11,13,17,19,21-22,24-25,27-28,30-31,33-34,48,50,55-58,60-67,69-71,73-77H,3-4,6,8-10,12,14-16,18,20,23,26,29,32,35-47,49,51-54H2,1-2H3,(H,68,72)/b7-5-,13-11-,19-17-,22-21-,25-24-,28-27-,31-30-,34-33-,50-48+. The van der Waals surface area contributed by atoms with E-state index in [-0.39, 0.29) is 18.9 Å². The molecule has 2 saturated heterocycles. The normalized spacial score (nSPS) is 24.9. The van der Waals surface area contributed by atoms with Gasteiger partial charge in [0.15, 0.2) is 12.6 Å². The van der Waals surface area contributed by atoms with Gasteiger partial charge in [-0.2, -0.15) is 0 Å². The summed E-state index contributed by atoms with van der Waals surface area (Å²) in [5, 5.41) is 87.1. The predicted octanol–water partition coefficient (Wildman–Crippen LogP) is 11.6. The highest BCUT2D eigenvalue weighted by atomic mass is 16.7. The van der Waals surface area contributed by atoms with Crippen LogP contribution in [-0.4, -0.2) is 140 Å². The van der Waals surface area contributed by atoms with E-state index in [4.69, 9.17) is 18.9 Å². The van der Waals surface area contributed by atoms with E-state index in [1.807, 2.05) is 6.08 Å². The summed E-state index contributed by atoms with van der Waals surface area (Å²) < 4.78 is 22.8. The van der Waals surface area contributed by atoms with E-state index in [0.29, 0.717) is 6.42 Å². The van der Waals surface area contributed by atoms with Gasteiger partial charge in [-0.15, -0.1) is 0 Å². The van der Waals surface area contributed by atoms with Crippen molar-refractivity contribution in [2.45, 2.75) is 286 Å². The van der Waals surface area contributed by atoms with Gasteiger partial charge in [0.25, 0.3) is 0 Å². The first kappa shape index (κ1) is 73.8. The molecule has 0 radical (unpaired) electrons. The van der Waals surface area contributed by atoms with Gasteiger partial charge in [0.1, 0.15) is 48.8 Å². The van der Waals surface area contributed by atoms with Crippen molar-refractivity contribution in [3.8, 4) is 0 Å². The summed E-state index contributed by atoms with van der Waals surface area (Å²) in [4.78, 5) is 13.3. The third-order valence-electron chi connectivity index (χ3n) is 14.7. The fraction of sp³-hybridized carbons (Fsp3) is 0.716. The number of carbonyl (C=O) groups excluding carboxylic acids is 1. The topological polar surface area (TPSA) is 228 Å². The van der Waals surface area contributed by atoms with Crippen molar-refractivity contribution in [1.82, 2.24) is 5.32 Å². The van der Waals surface area contributed by atoms with Crippen molar-refractivity contribution in [2.24, 2.45) is 0 Å². The zero-order valence-corrected chi connectivity index (χ0v) is 50.0. The minimum Gasteiger partial charge on any atom is -0.394 e. The lowest BCUT2D eigenvalue weighted by Crippen LogP contribution is -2.65. The largest absolute Gasteiger partial charge is 0.394 e. The Morgan fingerprint density at radius 3 is 1.31 bits per heavy atom. The first-order valence-electron chi connectivity index (χ1n) is 31.6. The van der Waals surface area contributed by atoms with Crippen LogP contribution in [0.3, 0.4) is 0 Å². The first-order chi connectivity index (χ1) is 39.6. The van der Waals surface area contributed by atoms with Crippen molar-refractivity contribution < 1.29 is 64.6 Å². The second-order valence-corrected chi connectivity index (χ2v) is 21.8. The Balaban J connectivity index is 1.69. The molecule has 464 valence electrons. The molecule has 0 aromatic carbocycles.